The third-order valence-electron chi connectivity index (χ3n) is 3.01. The lowest BCUT2D eigenvalue weighted by atomic mass is 10.4. The molecule has 0 heterocycles. The van der Waals surface area contributed by atoms with Gasteiger partial charge in [-0.15, -0.1) is 0 Å². The second kappa shape index (κ2) is 6.21. The van der Waals surface area contributed by atoms with Crippen molar-refractivity contribution in [3.63, 3.8) is 0 Å². The molecule has 0 aliphatic carbocycles. The van der Waals surface area contributed by atoms with E-state index in [0.29, 0.717) is 0 Å². The van der Waals surface area contributed by atoms with Crippen LogP contribution in [0.4, 0.5) is 0 Å². The van der Waals surface area contributed by atoms with Crippen LogP contribution in [0.3, 0.4) is 0 Å². The molecule has 17 heavy (non-hydrogen) atoms. The predicted molar refractivity (Wildman–Crippen MR) is 78.9 cm³/mol. The first-order valence-corrected chi connectivity index (χ1v) is 8.10. The fourth-order valence-corrected chi connectivity index (χ4v) is 4.95. The van der Waals surface area contributed by atoms with Crippen molar-refractivity contribution in [1.29, 1.82) is 0 Å². The molecule has 2 aromatic carbocycles. The molecule has 0 aliphatic rings. The van der Waals surface area contributed by atoms with Gasteiger partial charge in [0.15, 0.2) is 0 Å². The number of allylic oxidation sites excluding steroid dienone is 2. The Balaban J connectivity index is 2.32. The van der Waals surface area contributed by atoms with Gasteiger partial charge in [0.1, 0.15) is 8.80 Å². The number of benzene rings is 2. The first kappa shape index (κ1) is 11.9. The van der Waals surface area contributed by atoms with E-state index in [2.05, 4.69) is 79.7 Å². The summed E-state index contributed by atoms with van der Waals surface area (Å²) in [5, 5.41) is 3.05. The molecule has 0 radical (unpaired) electrons. The van der Waals surface area contributed by atoms with E-state index in [0.717, 1.165) is 0 Å². The lowest BCUT2D eigenvalue weighted by molar-refractivity contribution is 1.58. The Morgan fingerprint density at radius 3 is 1.71 bits per heavy atom. The third kappa shape index (κ3) is 3.18. The lowest BCUT2D eigenvalue weighted by Crippen LogP contribution is -2.41. The SMILES string of the molecule is C/C=C/C[SiH](c1ccccc1)c1ccccc1. The van der Waals surface area contributed by atoms with E-state index in [1.54, 1.807) is 0 Å². The van der Waals surface area contributed by atoms with E-state index in [1.807, 2.05) is 0 Å². The molecule has 0 unspecified atom stereocenters. The summed E-state index contributed by atoms with van der Waals surface area (Å²) in [6.07, 6.45) is 4.46. The summed E-state index contributed by atoms with van der Waals surface area (Å²) in [6.45, 7) is 2.10. The minimum absolute atomic E-state index is 1.05. The maximum Gasteiger partial charge on any atom is 0.106 e. The Labute approximate surface area is 105 Å². The average Bonchev–Trinajstić information content (AvgIpc) is 2.42. The summed E-state index contributed by atoms with van der Waals surface area (Å²) in [6, 6.07) is 23.1. The molecule has 0 N–H and O–H groups in total. The van der Waals surface area contributed by atoms with Crippen molar-refractivity contribution in [3.8, 4) is 0 Å². The molecule has 0 fully saturated rings. The van der Waals surface area contributed by atoms with E-state index in [-0.39, 0.29) is 0 Å². The van der Waals surface area contributed by atoms with Gasteiger partial charge >= 0.3 is 0 Å². The molecule has 0 saturated carbocycles. The summed E-state index contributed by atoms with van der Waals surface area (Å²) in [4.78, 5) is 0. The zero-order valence-corrected chi connectivity index (χ0v) is 11.4. The van der Waals surface area contributed by atoms with E-state index >= 15 is 0 Å². The summed E-state index contributed by atoms with van der Waals surface area (Å²) >= 11 is 0. The quantitative estimate of drug-likeness (QED) is 0.567. The molecule has 2 rings (SSSR count). The molecule has 0 atom stereocenters. The molecule has 0 nitrogen and oxygen atoms in total. The van der Waals surface area contributed by atoms with E-state index in [1.165, 1.54) is 16.4 Å². The molecule has 0 saturated heterocycles. The molecule has 0 aliphatic heterocycles. The number of hydrogen-bond acceptors (Lipinski definition) is 0. The first-order valence-electron chi connectivity index (χ1n) is 6.13. The first-order chi connectivity index (χ1) is 8.42. The minimum Gasteiger partial charge on any atom is -0.0919 e. The van der Waals surface area contributed by atoms with Crippen molar-refractivity contribution in [3.05, 3.63) is 72.8 Å². The maximum atomic E-state index is 2.30. The molecule has 0 spiro atoms. The summed E-state index contributed by atoms with van der Waals surface area (Å²) in [7, 11) is -1.05. The highest BCUT2D eigenvalue weighted by Gasteiger charge is 2.13. The zero-order chi connectivity index (χ0) is 11.9. The van der Waals surface area contributed by atoms with Crippen molar-refractivity contribution in [2.24, 2.45) is 0 Å². The van der Waals surface area contributed by atoms with Gasteiger partial charge in [-0.25, -0.2) is 0 Å². The standard InChI is InChI=1S/C16H18Si/c1-2-3-14-17(15-10-6-4-7-11-15)16-12-8-5-9-13-16/h2-13,17H,14H2,1H3/b3-2+. The van der Waals surface area contributed by atoms with Gasteiger partial charge in [0.25, 0.3) is 0 Å². The van der Waals surface area contributed by atoms with Crippen LogP contribution in [0.5, 0.6) is 0 Å². The Hall–Kier alpha value is -1.60. The van der Waals surface area contributed by atoms with Gasteiger partial charge in [0.2, 0.25) is 0 Å². The highest BCUT2D eigenvalue weighted by Crippen LogP contribution is 1.99. The smallest absolute Gasteiger partial charge is 0.0919 e. The zero-order valence-electron chi connectivity index (χ0n) is 10.2. The maximum absolute atomic E-state index is 2.30. The van der Waals surface area contributed by atoms with E-state index < -0.39 is 8.80 Å². The minimum atomic E-state index is -1.05. The molecule has 1 heteroatoms. The highest BCUT2D eigenvalue weighted by molar-refractivity contribution is 6.85. The van der Waals surface area contributed by atoms with E-state index in [9.17, 15) is 0 Å². The van der Waals surface area contributed by atoms with Crippen LogP contribution >= 0.6 is 0 Å². The van der Waals surface area contributed by atoms with Crippen LogP contribution in [-0.4, -0.2) is 8.80 Å². The molecular weight excluding hydrogens is 220 g/mol. The third-order valence-corrected chi connectivity index (χ3v) is 6.13. The van der Waals surface area contributed by atoms with Gasteiger partial charge in [-0.2, -0.15) is 0 Å². The van der Waals surface area contributed by atoms with Gasteiger partial charge in [0, 0.05) is 0 Å². The predicted octanol–water partition coefficient (Wildman–Crippen LogP) is 2.60. The molecule has 0 bridgehead atoms. The number of hydrogen-bond donors (Lipinski definition) is 0. The average molecular weight is 238 g/mol. The summed E-state index contributed by atoms with van der Waals surface area (Å²) < 4.78 is 0. The summed E-state index contributed by atoms with van der Waals surface area (Å²) in [5.74, 6) is 0. The van der Waals surface area contributed by atoms with Gasteiger partial charge in [-0.1, -0.05) is 83.2 Å². The van der Waals surface area contributed by atoms with Gasteiger partial charge in [0.05, 0.1) is 0 Å². The fraction of sp³-hybridized carbons (Fsp3) is 0.125. The number of rotatable bonds is 4. The largest absolute Gasteiger partial charge is 0.106 e. The van der Waals surface area contributed by atoms with Crippen molar-refractivity contribution in [2.75, 3.05) is 0 Å². The van der Waals surface area contributed by atoms with Crippen LogP contribution in [0.25, 0.3) is 0 Å². The van der Waals surface area contributed by atoms with Crippen LogP contribution in [0.15, 0.2) is 72.8 Å². The van der Waals surface area contributed by atoms with Crippen LogP contribution in [-0.2, 0) is 0 Å². The van der Waals surface area contributed by atoms with Crippen LogP contribution in [0.1, 0.15) is 6.92 Å². The Morgan fingerprint density at radius 1 is 0.824 bits per heavy atom. The van der Waals surface area contributed by atoms with Gasteiger partial charge in [-0.05, 0) is 13.0 Å². The Morgan fingerprint density at radius 2 is 1.29 bits per heavy atom. The topological polar surface area (TPSA) is 0 Å². The second-order valence-corrected chi connectivity index (χ2v) is 7.09. The summed E-state index contributed by atoms with van der Waals surface area (Å²) in [5.41, 5.74) is 0. The van der Waals surface area contributed by atoms with E-state index in [4.69, 9.17) is 0 Å². The monoisotopic (exact) mass is 238 g/mol. The van der Waals surface area contributed by atoms with Crippen LogP contribution in [0, 0.1) is 0 Å². The molecule has 2 aromatic rings. The fourth-order valence-electron chi connectivity index (χ4n) is 2.11. The molecular formula is C16H18Si. The van der Waals surface area contributed by atoms with Crippen molar-refractivity contribution in [1.82, 2.24) is 0 Å². The lowest BCUT2D eigenvalue weighted by Gasteiger charge is -2.14. The van der Waals surface area contributed by atoms with Crippen LogP contribution in [0.2, 0.25) is 6.04 Å². The van der Waals surface area contributed by atoms with Gasteiger partial charge < -0.3 is 0 Å². The Kier molecular flexibility index (Phi) is 4.34. The molecule has 86 valence electrons. The normalized spacial score (nSPS) is 11.2. The van der Waals surface area contributed by atoms with Gasteiger partial charge in [-0.3, -0.25) is 0 Å². The van der Waals surface area contributed by atoms with Crippen molar-refractivity contribution in [2.45, 2.75) is 13.0 Å². The second-order valence-electron chi connectivity index (χ2n) is 4.18. The molecule has 0 aromatic heterocycles. The molecule has 0 amide bonds. The van der Waals surface area contributed by atoms with Crippen molar-refractivity contribution >= 4 is 19.2 Å². The highest BCUT2D eigenvalue weighted by atomic mass is 28.3. The Bertz CT molecular complexity index is 420. The van der Waals surface area contributed by atoms with Crippen molar-refractivity contribution < 1.29 is 0 Å². The van der Waals surface area contributed by atoms with Crippen LogP contribution < -0.4 is 10.4 Å².